The van der Waals surface area contributed by atoms with Crippen LogP contribution in [0.5, 0.6) is 0 Å². The lowest BCUT2D eigenvalue weighted by molar-refractivity contribution is 1.10. The summed E-state index contributed by atoms with van der Waals surface area (Å²) in [6.45, 7) is 10.5. The van der Waals surface area contributed by atoms with Crippen molar-refractivity contribution in [2.45, 2.75) is 20.3 Å². The minimum absolute atomic E-state index is 0.755. The van der Waals surface area contributed by atoms with Crippen LogP contribution in [0.1, 0.15) is 20.3 Å². The molecular formula is C5H8. The van der Waals surface area contributed by atoms with Gasteiger partial charge in [-0.1, -0.05) is 12.5 Å². The molecule has 0 aliphatic rings. The molecule has 0 bridgehead atoms. The highest BCUT2D eigenvalue weighted by Gasteiger charge is 1.68. The Labute approximate surface area is 33.5 Å². The summed E-state index contributed by atoms with van der Waals surface area (Å²) < 4.78 is 0. The zero-order valence-electron chi connectivity index (χ0n) is 3.71. The molecule has 0 aromatic carbocycles. The second-order valence-electron chi connectivity index (χ2n) is 1.13. The van der Waals surface area contributed by atoms with Crippen LogP contribution in [0.25, 0.3) is 0 Å². The predicted octanol–water partition coefficient (Wildman–Crippen LogP) is 1.65. The number of hydrogen-bond donors (Lipinski definition) is 0. The van der Waals surface area contributed by atoms with Crippen LogP contribution in [0.4, 0.5) is 0 Å². The highest BCUT2D eigenvalue weighted by Crippen LogP contribution is 1.88. The molecule has 0 aliphatic carbocycles. The summed E-state index contributed by atoms with van der Waals surface area (Å²) >= 11 is 0. The maximum absolute atomic E-state index is 6.74. The zero-order chi connectivity index (χ0) is 4.28. The summed E-state index contributed by atoms with van der Waals surface area (Å²) in [5.41, 5.74) is 0.755. The average Bonchev–Trinajstić information content (AvgIpc) is 1.38. The van der Waals surface area contributed by atoms with E-state index < -0.39 is 0 Å². The Bertz CT molecular complexity index is 35.3. The maximum atomic E-state index is 6.74. The molecule has 0 saturated carbocycles. The molecule has 5 heavy (non-hydrogen) atoms. The molecule has 0 N–H and O–H groups in total. The van der Waals surface area contributed by atoms with E-state index in [9.17, 15) is 0 Å². The molecule has 0 saturated heterocycles. The van der Waals surface area contributed by atoms with Crippen LogP contribution in [-0.4, -0.2) is 0 Å². The van der Waals surface area contributed by atoms with Gasteiger partial charge in [0.15, 0.2) is 0 Å². The predicted molar refractivity (Wildman–Crippen MR) is 22.7 cm³/mol. The topological polar surface area (TPSA) is 0 Å². The molecular weight excluding hydrogens is 60.1 g/mol. The Morgan fingerprint density at radius 2 is 2.00 bits per heavy atom. The third-order valence-corrected chi connectivity index (χ3v) is 0.530. The fraction of sp³-hybridized carbons (Fsp3) is 0.600. The van der Waals surface area contributed by atoms with E-state index in [2.05, 4.69) is 0 Å². The van der Waals surface area contributed by atoms with E-state index in [-0.39, 0.29) is 0 Å². The van der Waals surface area contributed by atoms with Crippen molar-refractivity contribution in [2.24, 2.45) is 0 Å². The monoisotopic (exact) mass is 68.1 g/mol. The Kier molecular flexibility index (Phi) is 1.90. The summed E-state index contributed by atoms with van der Waals surface area (Å²) in [5, 5.41) is 0. The van der Waals surface area contributed by atoms with Crippen molar-refractivity contribution in [1.82, 2.24) is 0 Å². The molecule has 0 rings (SSSR count). The molecule has 0 heterocycles. The minimum atomic E-state index is 0.755. The van der Waals surface area contributed by atoms with Gasteiger partial charge in [-0.05, 0) is 19.9 Å². The van der Waals surface area contributed by atoms with Crippen LogP contribution in [0.3, 0.4) is 0 Å². The molecule has 0 spiro atoms. The summed E-state index contributed by atoms with van der Waals surface area (Å²) in [7, 11) is 0. The van der Waals surface area contributed by atoms with Crippen molar-refractivity contribution < 1.29 is 0 Å². The standard InChI is InChI=1S/C5H8/c1-4-5(2)3/h4H2,1-2H3. The highest BCUT2D eigenvalue weighted by atomic mass is 13.7. The molecule has 0 heteroatoms. The minimum Gasteiger partial charge on any atom is -0.0651 e. The third-order valence-electron chi connectivity index (χ3n) is 0.530. The van der Waals surface area contributed by atoms with Crippen LogP contribution in [0.2, 0.25) is 0 Å². The van der Waals surface area contributed by atoms with Crippen molar-refractivity contribution in [3.8, 4) is 0 Å². The molecule has 0 atom stereocenters. The van der Waals surface area contributed by atoms with E-state index >= 15 is 0 Å². The molecule has 0 amide bonds. The van der Waals surface area contributed by atoms with Gasteiger partial charge in [0.2, 0.25) is 0 Å². The van der Waals surface area contributed by atoms with Crippen molar-refractivity contribution in [2.75, 3.05) is 0 Å². The van der Waals surface area contributed by atoms with E-state index in [0.717, 1.165) is 12.0 Å². The third kappa shape index (κ3) is 3.74. The Morgan fingerprint density at radius 3 is 2.00 bits per heavy atom. The molecule has 0 aromatic heterocycles. The first-order chi connectivity index (χ1) is 2.27. The molecule has 28 valence electrons. The fourth-order valence-corrected chi connectivity index (χ4v) is 0. The van der Waals surface area contributed by atoms with Gasteiger partial charge in [0.25, 0.3) is 0 Å². The van der Waals surface area contributed by atoms with Gasteiger partial charge in [0, 0.05) is 0 Å². The largest absolute Gasteiger partial charge is 0.0651 e. The molecule has 0 fully saturated rings. The van der Waals surface area contributed by atoms with E-state index in [4.69, 9.17) is 6.58 Å². The lowest BCUT2D eigenvalue weighted by atomic mass is 10.3. The second kappa shape index (κ2) is 2.01. The van der Waals surface area contributed by atoms with E-state index in [1.54, 1.807) is 6.92 Å². The molecule has 0 nitrogen and oxygen atoms in total. The molecule has 2 radical (unpaired) electrons. The van der Waals surface area contributed by atoms with Crippen LogP contribution >= 0.6 is 0 Å². The van der Waals surface area contributed by atoms with Gasteiger partial charge in [-0.15, -0.1) is 0 Å². The van der Waals surface area contributed by atoms with Gasteiger partial charge in [0.1, 0.15) is 0 Å². The maximum Gasteiger partial charge on any atom is -0.0111 e. The number of rotatable bonds is 1. The van der Waals surface area contributed by atoms with E-state index in [1.165, 1.54) is 0 Å². The summed E-state index contributed by atoms with van der Waals surface area (Å²) in [4.78, 5) is 0. The zero-order valence-corrected chi connectivity index (χ0v) is 3.71. The van der Waals surface area contributed by atoms with E-state index in [1.807, 2.05) is 6.92 Å². The Morgan fingerprint density at radius 1 is 1.80 bits per heavy atom. The number of hydrogen-bond acceptors (Lipinski definition) is 0. The van der Waals surface area contributed by atoms with Gasteiger partial charge < -0.3 is 0 Å². The van der Waals surface area contributed by atoms with Gasteiger partial charge >= 0.3 is 0 Å². The van der Waals surface area contributed by atoms with Crippen LogP contribution in [0.15, 0.2) is 5.57 Å². The lowest BCUT2D eigenvalue weighted by Gasteiger charge is -1.78. The van der Waals surface area contributed by atoms with Crippen LogP contribution in [0, 0.1) is 6.58 Å². The van der Waals surface area contributed by atoms with Gasteiger partial charge in [-0.3, -0.25) is 0 Å². The van der Waals surface area contributed by atoms with Gasteiger partial charge in [-0.25, -0.2) is 0 Å². The first kappa shape index (κ1) is 4.74. The Hall–Kier alpha value is -0.260. The SMILES string of the molecule is [C]=C(C)CC. The highest BCUT2D eigenvalue weighted by molar-refractivity contribution is 4.81. The quantitative estimate of drug-likeness (QED) is 0.438. The Balaban J connectivity index is 2.85. The first-order valence-electron chi connectivity index (χ1n) is 1.81. The summed E-state index contributed by atoms with van der Waals surface area (Å²) in [5.74, 6) is 0. The van der Waals surface area contributed by atoms with Crippen molar-refractivity contribution in [1.29, 1.82) is 0 Å². The molecule has 0 aliphatic heterocycles. The lowest BCUT2D eigenvalue weighted by Crippen LogP contribution is -1.59. The number of allylic oxidation sites excluding steroid dienone is 1. The molecule has 0 unspecified atom stereocenters. The fourth-order valence-electron chi connectivity index (χ4n) is 0. The summed E-state index contributed by atoms with van der Waals surface area (Å²) in [6.07, 6.45) is 0.889. The van der Waals surface area contributed by atoms with Crippen molar-refractivity contribution in [3.63, 3.8) is 0 Å². The molecule has 0 aromatic rings. The van der Waals surface area contributed by atoms with Crippen molar-refractivity contribution >= 4 is 0 Å². The summed E-state index contributed by atoms with van der Waals surface area (Å²) in [6, 6.07) is 0. The van der Waals surface area contributed by atoms with E-state index in [0.29, 0.717) is 0 Å². The average molecular weight is 68.1 g/mol. The second-order valence-corrected chi connectivity index (χ2v) is 1.13. The van der Waals surface area contributed by atoms with Crippen LogP contribution in [-0.2, 0) is 0 Å². The van der Waals surface area contributed by atoms with Gasteiger partial charge in [0.05, 0.1) is 0 Å². The normalized spacial score (nSPS) is 7.60. The first-order valence-corrected chi connectivity index (χ1v) is 1.81. The van der Waals surface area contributed by atoms with Crippen LogP contribution < -0.4 is 0 Å². The smallest absolute Gasteiger partial charge is 0.0111 e. The van der Waals surface area contributed by atoms with Gasteiger partial charge in [-0.2, -0.15) is 0 Å². The van der Waals surface area contributed by atoms with Crippen molar-refractivity contribution in [3.05, 3.63) is 12.2 Å².